The molecule has 3 heteroatoms. The van der Waals surface area contributed by atoms with E-state index in [4.69, 9.17) is 0 Å². The molecule has 18 heavy (non-hydrogen) atoms. The summed E-state index contributed by atoms with van der Waals surface area (Å²) in [6.45, 7) is 4.96. The van der Waals surface area contributed by atoms with Crippen LogP contribution in [-0.2, 0) is 0 Å². The molecule has 1 aliphatic carbocycles. The van der Waals surface area contributed by atoms with Gasteiger partial charge in [-0.3, -0.25) is 4.90 Å². The third-order valence-electron chi connectivity index (χ3n) is 4.87. The number of likely N-dealkylation sites (N-methyl/N-ethyl adjacent to an activating group) is 2. The maximum Gasteiger partial charge on any atom is 0.0255 e. The molecular weight excluding hydrogens is 222 g/mol. The Kier molecular flexibility index (Phi) is 5.05. The van der Waals surface area contributed by atoms with Gasteiger partial charge in [0.1, 0.15) is 0 Å². The number of nitrogens with zero attached hydrogens (tertiary/aromatic N) is 2. The second kappa shape index (κ2) is 6.36. The highest BCUT2D eigenvalue weighted by molar-refractivity contribution is 4.95. The molecule has 0 spiro atoms. The highest BCUT2D eigenvalue weighted by atomic mass is 15.3. The fourth-order valence-electron chi connectivity index (χ4n) is 3.97. The fraction of sp³-hybridized carbons (Fsp3) is 1.00. The third kappa shape index (κ3) is 3.25. The molecule has 1 heterocycles. The van der Waals surface area contributed by atoms with Gasteiger partial charge in [-0.15, -0.1) is 0 Å². The van der Waals surface area contributed by atoms with E-state index in [1.165, 1.54) is 45.2 Å². The highest BCUT2D eigenvalue weighted by Crippen LogP contribution is 2.32. The molecule has 4 atom stereocenters. The lowest BCUT2D eigenvalue weighted by Gasteiger charge is -2.43. The minimum atomic E-state index is 0.712. The van der Waals surface area contributed by atoms with Crippen LogP contribution in [0.1, 0.15) is 39.0 Å². The molecule has 1 saturated heterocycles. The van der Waals surface area contributed by atoms with Gasteiger partial charge in [-0.1, -0.05) is 6.92 Å². The molecule has 2 fully saturated rings. The first kappa shape index (κ1) is 14.3. The second-order valence-electron chi connectivity index (χ2n) is 6.68. The van der Waals surface area contributed by atoms with Gasteiger partial charge in [-0.05, 0) is 65.7 Å². The molecule has 2 aliphatic rings. The van der Waals surface area contributed by atoms with Crippen LogP contribution in [0.5, 0.6) is 0 Å². The molecule has 0 bridgehead atoms. The third-order valence-corrected chi connectivity index (χ3v) is 4.87. The summed E-state index contributed by atoms with van der Waals surface area (Å²) in [5.74, 6) is 0.903. The summed E-state index contributed by atoms with van der Waals surface area (Å²) < 4.78 is 0. The minimum Gasteiger partial charge on any atom is -0.315 e. The quantitative estimate of drug-likeness (QED) is 0.824. The summed E-state index contributed by atoms with van der Waals surface area (Å²) in [4.78, 5) is 5.17. The van der Waals surface area contributed by atoms with Gasteiger partial charge in [-0.25, -0.2) is 0 Å². The fourth-order valence-corrected chi connectivity index (χ4v) is 3.97. The van der Waals surface area contributed by atoms with Crippen molar-refractivity contribution in [3.63, 3.8) is 0 Å². The van der Waals surface area contributed by atoms with Gasteiger partial charge >= 0.3 is 0 Å². The van der Waals surface area contributed by atoms with Crippen molar-refractivity contribution in [2.75, 3.05) is 34.2 Å². The lowest BCUT2D eigenvalue weighted by atomic mass is 9.82. The van der Waals surface area contributed by atoms with Crippen LogP contribution in [0.25, 0.3) is 0 Å². The van der Waals surface area contributed by atoms with Crippen LogP contribution in [0.4, 0.5) is 0 Å². The van der Waals surface area contributed by atoms with E-state index in [0.717, 1.165) is 18.0 Å². The first-order valence-corrected chi connectivity index (χ1v) is 7.69. The van der Waals surface area contributed by atoms with Gasteiger partial charge < -0.3 is 10.2 Å². The summed E-state index contributed by atoms with van der Waals surface area (Å²) in [6.07, 6.45) is 6.91. The Hall–Kier alpha value is -0.120. The maximum absolute atomic E-state index is 3.57. The first-order chi connectivity index (χ1) is 8.61. The molecule has 1 N–H and O–H groups in total. The highest BCUT2D eigenvalue weighted by Gasteiger charge is 2.37. The molecule has 0 aromatic rings. The predicted molar refractivity (Wildman–Crippen MR) is 77.9 cm³/mol. The van der Waals surface area contributed by atoms with Crippen molar-refractivity contribution in [3.05, 3.63) is 0 Å². The van der Waals surface area contributed by atoms with Crippen LogP contribution in [0.3, 0.4) is 0 Å². The largest absolute Gasteiger partial charge is 0.315 e. The summed E-state index contributed by atoms with van der Waals surface area (Å²) in [7, 11) is 6.55. The van der Waals surface area contributed by atoms with Gasteiger partial charge in [0.15, 0.2) is 0 Å². The SMILES string of the molecule is CNC1CCC(C)CC1N1CCCC1CN(C)C. The zero-order valence-electron chi connectivity index (χ0n) is 12.7. The lowest BCUT2D eigenvalue weighted by Crippen LogP contribution is -2.55. The van der Waals surface area contributed by atoms with Crippen molar-refractivity contribution in [2.45, 2.75) is 57.2 Å². The average molecular weight is 253 g/mol. The van der Waals surface area contributed by atoms with Crippen molar-refractivity contribution < 1.29 is 0 Å². The first-order valence-electron chi connectivity index (χ1n) is 7.69. The van der Waals surface area contributed by atoms with Gasteiger partial charge in [0.2, 0.25) is 0 Å². The second-order valence-corrected chi connectivity index (χ2v) is 6.68. The molecular formula is C15H31N3. The number of hydrogen-bond donors (Lipinski definition) is 1. The van der Waals surface area contributed by atoms with E-state index < -0.39 is 0 Å². The molecule has 2 rings (SSSR count). The standard InChI is InChI=1S/C15H31N3/c1-12-7-8-14(16-2)15(10-12)18-9-5-6-13(18)11-17(3)4/h12-16H,5-11H2,1-4H3. The van der Waals surface area contributed by atoms with Gasteiger partial charge in [0.25, 0.3) is 0 Å². The van der Waals surface area contributed by atoms with Crippen LogP contribution in [-0.4, -0.2) is 62.2 Å². The minimum absolute atomic E-state index is 0.712. The molecule has 106 valence electrons. The van der Waals surface area contributed by atoms with Crippen molar-refractivity contribution in [1.29, 1.82) is 0 Å². The summed E-state index contributed by atoms with van der Waals surface area (Å²) in [5, 5.41) is 3.57. The molecule has 3 nitrogen and oxygen atoms in total. The molecule has 4 unspecified atom stereocenters. The Balaban J connectivity index is 2.02. The van der Waals surface area contributed by atoms with Gasteiger partial charge in [-0.2, -0.15) is 0 Å². The number of likely N-dealkylation sites (tertiary alicyclic amines) is 1. The van der Waals surface area contributed by atoms with E-state index in [-0.39, 0.29) is 0 Å². The summed E-state index contributed by atoms with van der Waals surface area (Å²) >= 11 is 0. The van der Waals surface area contributed by atoms with Crippen molar-refractivity contribution >= 4 is 0 Å². The van der Waals surface area contributed by atoms with E-state index in [2.05, 4.69) is 43.2 Å². The average Bonchev–Trinajstić information content (AvgIpc) is 2.76. The Morgan fingerprint density at radius 3 is 2.67 bits per heavy atom. The molecule has 1 saturated carbocycles. The monoisotopic (exact) mass is 253 g/mol. The topological polar surface area (TPSA) is 18.5 Å². The van der Waals surface area contributed by atoms with Gasteiger partial charge in [0, 0.05) is 24.7 Å². The molecule has 0 aromatic heterocycles. The number of nitrogens with one attached hydrogen (secondary N) is 1. The normalized spacial score (nSPS) is 38.5. The van der Waals surface area contributed by atoms with Crippen LogP contribution < -0.4 is 5.32 Å². The molecule has 1 aliphatic heterocycles. The lowest BCUT2D eigenvalue weighted by molar-refractivity contribution is 0.0820. The molecule has 0 amide bonds. The number of rotatable bonds is 4. The Morgan fingerprint density at radius 2 is 2.00 bits per heavy atom. The van der Waals surface area contributed by atoms with E-state index >= 15 is 0 Å². The zero-order chi connectivity index (χ0) is 13.1. The summed E-state index contributed by atoms with van der Waals surface area (Å²) in [5.41, 5.74) is 0. The predicted octanol–water partition coefficient (Wildman–Crippen LogP) is 1.79. The zero-order valence-corrected chi connectivity index (χ0v) is 12.7. The van der Waals surface area contributed by atoms with E-state index in [1.807, 2.05) is 0 Å². The van der Waals surface area contributed by atoms with E-state index in [0.29, 0.717) is 6.04 Å². The van der Waals surface area contributed by atoms with Crippen LogP contribution in [0, 0.1) is 5.92 Å². The van der Waals surface area contributed by atoms with Crippen molar-refractivity contribution in [3.8, 4) is 0 Å². The van der Waals surface area contributed by atoms with Crippen LogP contribution >= 0.6 is 0 Å². The molecule has 0 radical (unpaired) electrons. The smallest absolute Gasteiger partial charge is 0.0255 e. The van der Waals surface area contributed by atoms with Crippen LogP contribution in [0.2, 0.25) is 0 Å². The van der Waals surface area contributed by atoms with E-state index in [9.17, 15) is 0 Å². The summed E-state index contributed by atoms with van der Waals surface area (Å²) in [6, 6.07) is 2.27. The van der Waals surface area contributed by atoms with Crippen molar-refractivity contribution in [2.24, 2.45) is 5.92 Å². The Bertz CT molecular complexity index is 254. The Morgan fingerprint density at radius 1 is 1.22 bits per heavy atom. The van der Waals surface area contributed by atoms with E-state index in [1.54, 1.807) is 0 Å². The van der Waals surface area contributed by atoms with Gasteiger partial charge in [0.05, 0.1) is 0 Å². The Labute approximate surface area is 113 Å². The maximum atomic E-state index is 3.57. The number of hydrogen-bond acceptors (Lipinski definition) is 3. The van der Waals surface area contributed by atoms with Crippen molar-refractivity contribution in [1.82, 2.24) is 15.1 Å². The van der Waals surface area contributed by atoms with Crippen LogP contribution in [0.15, 0.2) is 0 Å². The molecule has 0 aromatic carbocycles.